The Hall–Kier alpha value is -1.67. The van der Waals surface area contributed by atoms with Crippen LogP contribution in [0.15, 0.2) is 42.5 Å². The van der Waals surface area contributed by atoms with Gasteiger partial charge in [-0.1, -0.05) is 56.0 Å². The van der Waals surface area contributed by atoms with Crippen LogP contribution in [0.3, 0.4) is 0 Å². The molecular weight excluding hydrogens is 468 g/mol. The predicted molar refractivity (Wildman–Crippen MR) is 135 cm³/mol. The molecule has 0 amide bonds. The second-order valence-corrected chi connectivity index (χ2v) is 10.8. The van der Waals surface area contributed by atoms with Crippen LogP contribution in [0, 0.1) is 5.41 Å². The fourth-order valence-electron chi connectivity index (χ4n) is 5.26. The van der Waals surface area contributed by atoms with E-state index in [0.29, 0.717) is 17.0 Å². The van der Waals surface area contributed by atoms with E-state index in [9.17, 15) is 15.3 Å². The third-order valence-corrected chi connectivity index (χ3v) is 7.92. The number of aliphatic hydroxyl groups excluding tert-OH is 3. The van der Waals surface area contributed by atoms with Crippen LogP contribution >= 0.6 is 11.6 Å². The molecule has 1 saturated carbocycles. The number of halogens is 1. The van der Waals surface area contributed by atoms with Gasteiger partial charge in [0.2, 0.25) is 0 Å². The second kappa shape index (κ2) is 11.2. The molecule has 0 spiro atoms. The number of hydrogen-bond acceptors (Lipinski definition) is 6. The number of rotatable bonds is 8. The van der Waals surface area contributed by atoms with Gasteiger partial charge in [-0.2, -0.15) is 0 Å². The Morgan fingerprint density at radius 1 is 1.06 bits per heavy atom. The maximum atomic E-state index is 10.4. The highest BCUT2D eigenvalue weighted by atomic mass is 35.5. The summed E-state index contributed by atoms with van der Waals surface area (Å²) in [7, 11) is 1.49. The van der Waals surface area contributed by atoms with Gasteiger partial charge in [-0.15, -0.1) is 0 Å². The second-order valence-electron chi connectivity index (χ2n) is 10.3. The van der Waals surface area contributed by atoms with E-state index < -0.39 is 30.7 Å². The molecule has 1 aliphatic heterocycles. The van der Waals surface area contributed by atoms with E-state index in [-0.39, 0.29) is 11.8 Å². The summed E-state index contributed by atoms with van der Waals surface area (Å²) in [6, 6.07) is 13.6. The van der Waals surface area contributed by atoms with Gasteiger partial charge in [-0.3, -0.25) is 0 Å². The van der Waals surface area contributed by atoms with E-state index in [4.69, 9.17) is 25.8 Å². The first-order valence-electron chi connectivity index (χ1n) is 12.5. The minimum absolute atomic E-state index is 0.0349. The topological polar surface area (TPSA) is 88.4 Å². The molecule has 3 N–H and O–H groups in total. The summed E-state index contributed by atoms with van der Waals surface area (Å²) in [5.74, 6) is -0.421. The Kier molecular flexibility index (Phi) is 8.41. The number of hydrogen-bond donors (Lipinski definition) is 3. The zero-order valence-electron chi connectivity index (χ0n) is 20.6. The van der Waals surface area contributed by atoms with Crippen molar-refractivity contribution in [3.63, 3.8) is 0 Å². The number of ether oxygens (including phenoxy) is 3. The highest BCUT2D eigenvalue weighted by Crippen LogP contribution is 2.40. The smallest absolute Gasteiger partial charge is 0.197 e. The van der Waals surface area contributed by atoms with Crippen molar-refractivity contribution in [1.82, 2.24) is 0 Å². The van der Waals surface area contributed by atoms with Crippen LogP contribution in [-0.2, 0) is 21.7 Å². The van der Waals surface area contributed by atoms with E-state index in [0.717, 1.165) is 23.5 Å². The molecule has 2 aromatic carbocycles. The summed E-state index contributed by atoms with van der Waals surface area (Å²) in [5.41, 5.74) is 2.90. The fraction of sp³-hybridized carbons (Fsp3) is 0.571. The first-order valence-corrected chi connectivity index (χ1v) is 12.9. The van der Waals surface area contributed by atoms with Gasteiger partial charge in [0.1, 0.15) is 18.0 Å². The molecular formula is C28H37ClO6. The van der Waals surface area contributed by atoms with Gasteiger partial charge in [0.05, 0.1) is 19.3 Å². The van der Waals surface area contributed by atoms with Gasteiger partial charge in [0, 0.05) is 29.5 Å². The molecule has 7 heteroatoms. The third-order valence-electron chi connectivity index (χ3n) is 7.56. The normalized spacial score (nSPS) is 28.6. The average molecular weight is 505 g/mol. The predicted octanol–water partition coefficient (Wildman–Crippen LogP) is 4.58. The Bertz CT molecular complexity index is 974. The largest absolute Gasteiger partial charge is 0.493 e. The van der Waals surface area contributed by atoms with Crippen molar-refractivity contribution in [1.29, 1.82) is 0 Å². The van der Waals surface area contributed by atoms with Gasteiger partial charge < -0.3 is 29.5 Å². The van der Waals surface area contributed by atoms with Crippen LogP contribution in [0.2, 0.25) is 5.02 Å². The molecule has 2 fully saturated rings. The van der Waals surface area contributed by atoms with Crippen molar-refractivity contribution >= 4 is 11.6 Å². The van der Waals surface area contributed by atoms with E-state index >= 15 is 0 Å². The summed E-state index contributed by atoms with van der Waals surface area (Å²) in [5, 5.41) is 30.7. The molecule has 0 radical (unpaired) electrons. The zero-order chi connectivity index (χ0) is 25.1. The Morgan fingerprint density at radius 2 is 1.77 bits per heavy atom. The number of benzene rings is 2. The van der Waals surface area contributed by atoms with Gasteiger partial charge in [-0.05, 0) is 54.7 Å². The van der Waals surface area contributed by atoms with Gasteiger partial charge in [-0.25, -0.2) is 0 Å². The van der Waals surface area contributed by atoms with Crippen LogP contribution in [-0.4, -0.2) is 54.0 Å². The van der Waals surface area contributed by atoms with Crippen LogP contribution < -0.4 is 4.74 Å². The highest BCUT2D eigenvalue weighted by molar-refractivity contribution is 6.31. The maximum Gasteiger partial charge on any atom is 0.197 e. The number of aliphatic hydroxyl groups is 3. The van der Waals surface area contributed by atoms with E-state index in [1.165, 1.54) is 39.2 Å². The quantitative estimate of drug-likeness (QED) is 0.487. The lowest BCUT2D eigenvalue weighted by Crippen LogP contribution is -2.55. The van der Waals surface area contributed by atoms with Gasteiger partial charge in [0.25, 0.3) is 0 Å². The SMILES string of the molecule is COC1(c2ccc(Cl)c(Cc3ccc(OCC4(C)CCCCC4)cc3)c2)CC(O)C(O)C(CO)O1. The van der Waals surface area contributed by atoms with Crippen molar-refractivity contribution in [2.45, 2.75) is 76.0 Å². The molecule has 2 aromatic rings. The lowest BCUT2D eigenvalue weighted by atomic mass is 9.76. The van der Waals surface area contributed by atoms with Crippen molar-refractivity contribution < 1.29 is 29.5 Å². The number of methoxy groups -OCH3 is 1. The van der Waals surface area contributed by atoms with E-state index in [2.05, 4.69) is 6.92 Å². The van der Waals surface area contributed by atoms with E-state index in [1.54, 1.807) is 12.1 Å². The minimum atomic E-state index is -1.29. The molecule has 2 aliphatic rings. The molecule has 4 atom stereocenters. The van der Waals surface area contributed by atoms with Gasteiger partial charge in [0.15, 0.2) is 5.79 Å². The van der Waals surface area contributed by atoms with Crippen molar-refractivity contribution in [2.24, 2.45) is 5.41 Å². The first kappa shape index (κ1) is 26.4. The molecule has 1 aliphatic carbocycles. The molecule has 1 saturated heterocycles. The summed E-state index contributed by atoms with van der Waals surface area (Å²) in [4.78, 5) is 0. The molecule has 0 bridgehead atoms. The summed E-state index contributed by atoms with van der Waals surface area (Å²) >= 11 is 6.53. The lowest BCUT2D eigenvalue weighted by molar-refractivity contribution is -0.323. The Morgan fingerprint density at radius 3 is 2.43 bits per heavy atom. The summed E-state index contributed by atoms with van der Waals surface area (Å²) in [6.45, 7) is 2.63. The van der Waals surface area contributed by atoms with Crippen LogP contribution in [0.4, 0.5) is 0 Å². The summed E-state index contributed by atoms with van der Waals surface area (Å²) < 4.78 is 17.8. The van der Waals surface area contributed by atoms with Crippen LogP contribution in [0.5, 0.6) is 5.75 Å². The zero-order valence-corrected chi connectivity index (χ0v) is 21.3. The molecule has 35 heavy (non-hydrogen) atoms. The fourth-order valence-corrected chi connectivity index (χ4v) is 5.45. The lowest BCUT2D eigenvalue weighted by Gasteiger charge is -2.44. The standard InChI is InChI=1S/C28H37ClO6/c1-27(12-4-3-5-13-27)18-34-22-9-6-19(7-10-22)14-20-15-21(8-11-23(20)29)28(33-2)16-24(31)26(32)25(17-30)35-28/h6-11,15,24-26,30-32H,3-5,12-14,16-18H2,1-2H3. The van der Waals surface area contributed by atoms with Gasteiger partial charge >= 0.3 is 0 Å². The van der Waals surface area contributed by atoms with E-state index in [1.807, 2.05) is 30.3 Å². The monoisotopic (exact) mass is 504 g/mol. The third kappa shape index (κ3) is 6.01. The summed E-state index contributed by atoms with van der Waals surface area (Å²) in [6.07, 6.45) is 3.75. The van der Waals surface area contributed by atoms with Crippen molar-refractivity contribution in [2.75, 3.05) is 20.3 Å². The van der Waals surface area contributed by atoms with Crippen molar-refractivity contribution in [3.05, 3.63) is 64.2 Å². The molecule has 1 heterocycles. The molecule has 192 valence electrons. The Labute approximate surface area is 212 Å². The average Bonchev–Trinajstić information content (AvgIpc) is 2.87. The molecule has 4 unspecified atom stereocenters. The molecule has 6 nitrogen and oxygen atoms in total. The van der Waals surface area contributed by atoms with Crippen molar-refractivity contribution in [3.8, 4) is 5.75 Å². The minimum Gasteiger partial charge on any atom is -0.493 e. The maximum absolute atomic E-state index is 10.4. The Balaban J connectivity index is 1.47. The molecule has 4 rings (SSSR count). The van der Waals surface area contributed by atoms with Crippen LogP contribution in [0.1, 0.15) is 62.1 Å². The first-order chi connectivity index (χ1) is 16.8. The highest BCUT2D eigenvalue weighted by Gasteiger charge is 2.47. The van der Waals surface area contributed by atoms with Crippen LogP contribution in [0.25, 0.3) is 0 Å². The molecule has 0 aromatic heterocycles.